The van der Waals surface area contributed by atoms with Crippen LogP contribution in [0.25, 0.3) is 0 Å². The Kier molecular flexibility index (Phi) is 5.38. The molecule has 0 saturated carbocycles. The Balaban J connectivity index is 2.09. The molecule has 0 bridgehead atoms. The van der Waals surface area contributed by atoms with Crippen molar-refractivity contribution < 1.29 is 14.3 Å². The normalized spacial score (nSPS) is 12.9. The summed E-state index contributed by atoms with van der Waals surface area (Å²) >= 11 is 0. The predicted molar refractivity (Wildman–Crippen MR) is 77.1 cm³/mol. The lowest BCUT2D eigenvalue weighted by molar-refractivity contribution is 0.0694. The molecule has 1 aromatic rings. The Hall–Kier alpha value is -1.59. The molecule has 1 amide bonds. The van der Waals surface area contributed by atoms with Crippen molar-refractivity contribution in [2.75, 3.05) is 40.0 Å². The fourth-order valence-corrected chi connectivity index (χ4v) is 2.30. The zero-order valence-corrected chi connectivity index (χ0v) is 11.9. The topological polar surface area (TPSA) is 64.8 Å². The van der Waals surface area contributed by atoms with Gasteiger partial charge < -0.3 is 20.1 Å². The molecule has 0 radical (unpaired) electrons. The Morgan fingerprint density at radius 1 is 1.45 bits per heavy atom. The number of ether oxygens (including phenoxy) is 2. The van der Waals surface area contributed by atoms with Crippen LogP contribution in [0.2, 0.25) is 0 Å². The van der Waals surface area contributed by atoms with Crippen molar-refractivity contribution in [3.05, 3.63) is 29.3 Å². The third-order valence-electron chi connectivity index (χ3n) is 3.42. The number of rotatable bonds is 7. The summed E-state index contributed by atoms with van der Waals surface area (Å²) < 4.78 is 10.5. The minimum Gasteiger partial charge on any atom is -0.493 e. The van der Waals surface area contributed by atoms with E-state index in [0.717, 1.165) is 24.2 Å². The van der Waals surface area contributed by atoms with Crippen molar-refractivity contribution in [3.8, 4) is 5.75 Å². The number of carbonyl (C=O) groups is 1. The average molecular weight is 278 g/mol. The SMILES string of the molecule is COCCN(CCCN)C(=O)c1ccc2c(c1)CCO2. The van der Waals surface area contributed by atoms with Gasteiger partial charge in [0.2, 0.25) is 0 Å². The highest BCUT2D eigenvalue weighted by Crippen LogP contribution is 2.26. The van der Waals surface area contributed by atoms with Gasteiger partial charge in [-0.1, -0.05) is 0 Å². The molecule has 0 unspecified atom stereocenters. The van der Waals surface area contributed by atoms with Crippen molar-refractivity contribution in [1.29, 1.82) is 0 Å². The van der Waals surface area contributed by atoms with Gasteiger partial charge in [-0.05, 0) is 36.7 Å². The van der Waals surface area contributed by atoms with Crippen molar-refractivity contribution in [2.45, 2.75) is 12.8 Å². The monoisotopic (exact) mass is 278 g/mol. The molecule has 5 heteroatoms. The van der Waals surface area contributed by atoms with E-state index >= 15 is 0 Å². The fraction of sp³-hybridized carbons (Fsp3) is 0.533. The summed E-state index contributed by atoms with van der Waals surface area (Å²) in [6, 6.07) is 5.65. The Morgan fingerprint density at radius 3 is 3.05 bits per heavy atom. The van der Waals surface area contributed by atoms with Gasteiger partial charge in [-0.2, -0.15) is 0 Å². The lowest BCUT2D eigenvalue weighted by atomic mass is 10.1. The molecule has 1 aromatic carbocycles. The minimum atomic E-state index is 0.0326. The van der Waals surface area contributed by atoms with Gasteiger partial charge >= 0.3 is 0 Å². The molecule has 5 nitrogen and oxygen atoms in total. The molecule has 0 aliphatic carbocycles. The molecule has 1 heterocycles. The molecule has 0 atom stereocenters. The highest BCUT2D eigenvalue weighted by atomic mass is 16.5. The van der Waals surface area contributed by atoms with Crippen LogP contribution >= 0.6 is 0 Å². The molecule has 0 fully saturated rings. The Morgan fingerprint density at radius 2 is 2.30 bits per heavy atom. The first-order valence-electron chi connectivity index (χ1n) is 7.00. The van der Waals surface area contributed by atoms with Gasteiger partial charge in [0.1, 0.15) is 5.75 Å². The van der Waals surface area contributed by atoms with Crippen molar-refractivity contribution >= 4 is 5.91 Å². The number of nitrogens with zero attached hydrogens (tertiary/aromatic N) is 1. The maximum atomic E-state index is 12.5. The number of methoxy groups -OCH3 is 1. The average Bonchev–Trinajstić information content (AvgIpc) is 2.94. The van der Waals surface area contributed by atoms with E-state index < -0.39 is 0 Å². The summed E-state index contributed by atoms with van der Waals surface area (Å²) in [7, 11) is 1.64. The zero-order valence-electron chi connectivity index (χ0n) is 11.9. The zero-order chi connectivity index (χ0) is 14.4. The highest BCUT2D eigenvalue weighted by Gasteiger charge is 2.19. The van der Waals surface area contributed by atoms with Crippen LogP contribution in [0.5, 0.6) is 5.75 Å². The largest absolute Gasteiger partial charge is 0.493 e. The van der Waals surface area contributed by atoms with Crippen LogP contribution < -0.4 is 10.5 Å². The second kappa shape index (κ2) is 7.26. The molecule has 0 saturated heterocycles. The standard InChI is InChI=1S/C15H22N2O3/c1-19-10-8-17(7-2-6-16)15(18)13-3-4-14-12(11-13)5-9-20-14/h3-4,11H,2,5-10,16H2,1H3. The second-order valence-corrected chi connectivity index (χ2v) is 4.85. The first-order chi connectivity index (χ1) is 9.76. The number of amides is 1. The van der Waals surface area contributed by atoms with E-state index in [2.05, 4.69) is 0 Å². The van der Waals surface area contributed by atoms with E-state index in [0.29, 0.717) is 38.4 Å². The highest BCUT2D eigenvalue weighted by molar-refractivity contribution is 5.94. The van der Waals surface area contributed by atoms with Crippen LogP contribution in [0.4, 0.5) is 0 Å². The van der Waals surface area contributed by atoms with E-state index in [-0.39, 0.29) is 5.91 Å². The van der Waals surface area contributed by atoms with Gasteiger partial charge in [-0.25, -0.2) is 0 Å². The van der Waals surface area contributed by atoms with Gasteiger partial charge in [-0.15, -0.1) is 0 Å². The maximum absolute atomic E-state index is 12.5. The summed E-state index contributed by atoms with van der Waals surface area (Å²) in [6.07, 6.45) is 1.67. The molecule has 20 heavy (non-hydrogen) atoms. The van der Waals surface area contributed by atoms with Gasteiger partial charge in [0.25, 0.3) is 5.91 Å². The number of nitrogens with two attached hydrogens (primary N) is 1. The molecule has 2 rings (SSSR count). The molecule has 1 aliphatic rings. The summed E-state index contributed by atoms with van der Waals surface area (Å²) in [5.41, 5.74) is 7.36. The lowest BCUT2D eigenvalue weighted by Crippen LogP contribution is -2.35. The van der Waals surface area contributed by atoms with Crippen LogP contribution in [0.3, 0.4) is 0 Å². The molecular weight excluding hydrogens is 256 g/mol. The van der Waals surface area contributed by atoms with Gasteiger partial charge in [0, 0.05) is 32.2 Å². The lowest BCUT2D eigenvalue weighted by Gasteiger charge is -2.22. The molecule has 110 valence electrons. The first-order valence-corrected chi connectivity index (χ1v) is 7.00. The van der Waals surface area contributed by atoms with Crippen LogP contribution in [0, 0.1) is 0 Å². The summed E-state index contributed by atoms with van der Waals surface area (Å²) in [4.78, 5) is 14.3. The minimum absolute atomic E-state index is 0.0326. The smallest absolute Gasteiger partial charge is 0.253 e. The number of hydrogen-bond donors (Lipinski definition) is 1. The molecule has 0 spiro atoms. The predicted octanol–water partition coefficient (Wildman–Crippen LogP) is 1.06. The molecule has 1 aliphatic heterocycles. The number of benzene rings is 1. The molecular formula is C15H22N2O3. The van der Waals surface area contributed by atoms with E-state index in [4.69, 9.17) is 15.2 Å². The van der Waals surface area contributed by atoms with E-state index in [1.807, 2.05) is 18.2 Å². The summed E-state index contributed by atoms with van der Waals surface area (Å²) in [5.74, 6) is 0.928. The quantitative estimate of drug-likeness (QED) is 0.810. The third-order valence-corrected chi connectivity index (χ3v) is 3.42. The van der Waals surface area contributed by atoms with E-state index in [9.17, 15) is 4.79 Å². The third kappa shape index (κ3) is 3.49. The number of hydrogen-bond acceptors (Lipinski definition) is 4. The van der Waals surface area contributed by atoms with Crippen LogP contribution in [-0.4, -0.2) is 50.8 Å². The summed E-state index contributed by atoms with van der Waals surface area (Å²) in [5, 5.41) is 0. The van der Waals surface area contributed by atoms with Crippen molar-refractivity contribution in [3.63, 3.8) is 0 Å². The van der Waals surface area contributed by atoms with Crippen LogP contribution in [0.1, 0.15) is 22.3 Å². The number of fused-ring (bicyclic) bond motifs is 1. The van der Waals surface area contributed by atoms with Crippen LogP contribution in [-0.2, 0) is 11.2 Å². The fourth-order valence-electron chi connectivity index (χ4n) is 2.30. The van der Waals surface area contributed by atoms with Crippen LogP contribution in [0.15, 0.2) is 18.2 Å². The second-order valence-electron chi connectivity index (χ2n) is 4.85. The van der Waals surface area contributed by atoms with Gasteiger partial charge in [0.05, 0.1) is 13.2 Å². The van der Waals surface area contributed by atoms with E-state index in [1.54, 1.807) is 12.0 Å². The maximum Gasteiger partial charge on any atom is 0.253 e. The van der Waals surface area contributed by atoms with Crippen molar-refractivity contribution in [1.82, 2.24) is 4.90 Å². The Bertz CT molecular complexity index is 454. The van der Waals surface area contributed by atoms with Gasteiger partial charge in [0.15, 0.2) is 0 Å². The van der Waals surface area contributed by atoms with Crippen molar-refractivity contribution in [2.24, 2.45) is 5.73 Å². The Labute approximate surface area is 119 Å². The summed E-state index contributed by atoms with van der Waals surface area (Å²) in [6.45, 7) is 3.06. The molecule has 2 N–H and O–H groups in total. The number of carbonyl (C=O) groups excluding carboxylic acids is 1. The first kappa shape index (κ1) is 14.8. The van der Waals surface area contributed by atoms with E-state index in [1.165, 1.54) is 0 Å². The molecule has 0 aromatic heterocycles. The van der Waals surface area contributed by atoms with Gasteiger partial charge in [-0.3, -0.25) is 4.79 Å².